The number of nitrogens with zero attached hydrogens (tertiary/aromatic N) is 4. The molecule has 3 heterocycles. The summed E-state index contributed by atoms with van der Waals surface area (Å²) in [6, 6.07) is 2.37. The maximum Gasteiger partial charge on any atom is 0.112 e. The number of hydrogen-bond acceptors (Lipinski definition) is 5. The third kappa shape index (κ3) is 2.77. The normalized spacial score (nSPS) is 20.4. The fourth-order valence-corrected chi connectivity index (χ4v) is 3.48. The molecule has 0 unspecified atom stereocenters. The fourth-order valence-electron chi connectivity index (χ4n) is 2.57. The molecule has 0 radical (unpaired) electrons. The predicted molar refractivity (Wildman–Crippen MR) is 78.7 cm³/mol. The van der Waals surface area contributed by atoms with Crippen LogP contribution < -0.4 is 0 Å². The van der Waals surface area contributed by atoms with Gasteiger partial charge in [-0.1, -0.05) is 0 Å². The molecule has 1 fully saturated rings. The summed E-state index contributed by atoms with van der Waals surface area (Å²) in [5, 5.41) is 7.61. The van der Waals surface area contributed by atoms with Gasteiger partial charge in [0.1, 0.15) is 5.01 Å². The van der Waals surface area contributed by atoms with Crippen LogP contribution in [0.2, 0.25) is 0 Å². The Balaban J connectivity index is 1.79. The topological polar surface area (TPSA) is 43.2 Å². The Morgan fingerprint density at radius 2 is 2.40 bits per heavy atom. The highest BCUT2D eigenvalue weighted by Gasteiger charge is 2.27. The molecule has 0 saturated carbocycles. The van der Waals surface area contributed by atoms with E-state index in [0.29, 0.717) is 0 Å². The Morgan fingerprint density at radius 1 is 1.50 bits per heavy atom. The maximum absolute atomic E-state index is 5.65. The Labute approximate surface area is 123 Å². The molecule has 0 bridgehead atoms. The first-order chi connectivity index (χ1) is 9.78. The van der Waals surface area contributed by atoms with Crippen LogP contribution in [0, 0.1) is 6.92 Å². The van der Waals surface area contributed by atoms with E-state index >= 15 is 0 Å². The highest BCUT2D eigenvalue weighted by molar-refractivity contribution is 7.09. The average Bonchev–Trinajstić information content (AvgIpc) is 3.08. The van der Waals surface area contributed by atoms with Gasteiger partial charge in [0.05, 0.1) is 24.9 Å². The van der Waals surface area contributed by atoms with E-state index in [9.17, 15) is 0 Å². The lowest BCUT2D eigenvalue weighted by Crippen LogP contribution is -2.39. The maximum atomic E-state index is 5.65. The highest BCUT2D eigenvalue weighted by Crippen LogP contribution is 2.28. The van der Waals surface area contributed by atoms with Crippen molar-refractivity contribution < 1.29 is 4.74 Å². The predicted octanol–water partition coefficient (Wildman–Crippen LogP) is 2.24. The van der Waals surface area contributed by atoms with Crippen LogP contribution >= 0.6 is 11.3 Å². The van der Waals surface area contributed by atoms with Crippen molar-refractivity contribution in [3.63, 3.8) is 0 Å². The van der Waals surface area contributed by atoms with Crippen molar-refractivity contribution >= 4 is 11.3 Å². The number of morpholine rings is 1. The molecule has 3 rings (SSSR count). The van der Waals surface area contributed by atoms with Crippen LogP contribution in [-0.2, 0) is 17.8 Å². The number of thiazole rings is 1. The van der Waals surface area contributed by atoms with E-state index in [1.807, 2.05) is 13.1 Å². The van der Waals surface area contributed by atoms with E-state index in [-0.39, 0.29) is 6.04 Å². The molecule has 20 heavy (non-hydrogen) atoms. The van der Waals surface area contributed by atoms with E-state index in [2.05, 4.69) is 38.0 Å². The number of hydrogen-bond donors (Lipinski definition) is 0. The molecular weight excluding hydrogens is 272 g/mol. The number of ether oxygens (including phenoxy) is 1. The molecule has 1 aliphatic rings. The van der Waals surface area contributed by atoms with Gasteiger partial charge in [-0.15, -0.1) is 11.3 Å². The summed E-state index contributed by atoms with van der Waals surface area (Å²) >= 11 is 1.73. The van der Waals surface area contributed by atoms with Crippen molar-refractivity contribution in [1.29, 1.82) is 0 Å². The first-order valence-corrected chi connectivity index (χ1v) is 7.90. The third-order valence-electron chi connectivity index (χ3n) is 3.63. The van der Waals surface area contributed by atoms with Crippen molar-refractivity contribution in [2.24, 2.45) is 0 Å². The average molecular weight is 292 g/mol. The zero-order valence-electron chi connectivity index (χ0n) is 12.0. The second kappa shape index (κ2) is 6.03. The van der Waals surface area contributed by atoms with Gasteiger partial charge in [-0.25, -0.2) is 4.98 Å². The summed E-state index contributed by atoms with van der Waals surface area (Å²) in [5.41, 5.74) is 2.35. The molecule has 0 aromatic carbocycles. The second-order valence-corrected chi connectivity index (χ2v) is 5.92. The highest BCUT2D eigenvalue weighted by atomic mass is 32.1. The van der Waals surface area contributed by atoms with Crippen molar-refractivity contribution in [3.05, 3.63) is 34.0 Å². The van der Waals surface area contributed by atoms with E-state index in [0.717, 1.165) is 43.5 Å². The lowest BCUT2D eigenvalue weighted by atomic mass is 10.2. The first kappa shape index (κ1) is 13.7. The van der Waals surface area contributed by atoms with Crippen molar-refractivity contribution in [1.82, 2.24) is 19.7 Å². The lowest BCUT2D eigenvalue weighted by molar-refractivity contribution is -0.0139. The molecule has 2 aromatic heterocycles. The summed E-state index contributed by atoms with van der Waals surface area (Å²) in [4.78, 5) is 7.08. The fraction of sp³-hybridized carbons (Fsp3) is 0.571. The minimum Gasteiger partial charge on any atom is -0.378 e. The standard InChI is InChI=1S/C14H20N4OS/c1-3-18-12(4-5-15-18)8-17-6-7-19-9-13(17)14-16-11(2)10-20-14/h4-5,10,13H,3,6-9H2,1-2H3/t13-/m0/s1. The largest absolute Gasteiger partial charge is 0.378 e. The molecular formula is C14H20N4OS. The Kier molecular flexibility index (Phi) is 4.14. The van der Waals surface area contributed by atoms with Gasteiger partial charge >= 0.3 is 0 Å². The van der Waals surface area contributed by atoms with Gasteiger partial charge in [0.2, 0.25) is 0 Å². The minimum atomic E-state index is 0.266. The minimum absolute atomic E-state index is 0.266. The number of aromatic nitrogens is 3. The van der Waals surface area contributed by atoms with Gasteiger partial charge in [0.15, 0.2) is 0 Å². The summed E-state index contributed by atoms with van der Waals surface area (Å²) in [5.74, 6) is 0. The molecule has 2 aromatic rings. The molecule has 0 N–H and O–H groups in total. The van der Waals surface area contributed by atoms with Crippen LogP contribution in [0.1, 0.15) is 29.4 Å². The zero-order chi connectivity index (χ0) is 13.9. The van der Waals surface area contributed by atoms with Gasteiger partial charge in [0.25, 0.3) is 0 Å². The van der Waals surface area contributed by atoms with Gasteiger partial charge in [0, 0.05) is 36.9 Å². The molecule has 0 spiro atoms. The summed E-state index contributed by atoms with van der Waals surface area (Å²) < 4.78 is 7.71. The summed E-state index contributed by atoms with van der Waals surface area (Å²) in [7, 11) is 0. The van der Waals surface area contributed by atoms with E-state index in [1.54, 1.807) is 11.3 Å². The molecule has 0 aliphatic carbocycles. The Hall–Kier alpha value is -1.24. The monoisotopic (exact) mass is 292 g/mol. The smallest absolute Gasteiger partial charge is 0.112 e. The van der Waals surface area contributed by atoms with Gasteiger partial charge in [-0.2, -0.15) is 5.10 Å². The first-order valence-electron chi connectivity index (χ1n) is 7.02. The molecule has 1 atom stereocenters. The van der Waals surface area contributed by atoms with E-state index in [4.69, 9.17) is 4.74 Å². The van der Waals surface area contributed by atoms with Gasteiger partial charge in [-0.05, 0) is 19.9 Å². The van der Waals surface area contributed by atoms with E-state index < -0.39 is 0 Å². The van der Waals surface area contributed by atoms with Crippen LogP contribution in [-0.4, -0.2) is 39.4 Å². The Bertz CT molecular complexity index is 565. The second-order valence-electron chi connectivity index (χ2n) is 5.03. The number of rotatable bonds is 4. The SMILES string of the molecule is CCn1nccc1CN1CCOC[C@H]1c1nc(C)cs1. The van der Waals surface area contributed by atoms with Crippen molar-refractivity contribution in [2.75, 3.05) is 19.8 Å². The summed E-state index contributed by atoms with van der Waals surface area (Å²) in [6.45, 7) is 8.44. The zero-order valence-corrected chi connectivity index (χ0v) is 12.8. The summed E-state index contributed by atoms with van der Waals surface area (Å²) in [6.07, 6.45) is 1.88. The molecule has 108 valence electrons. The Morgan fingerprint density at radius 3 is 3.15 bits per heavy atom. The van der Waals surface area contributed by atoms with Crippen LogP contribution in [0.4, 0.5) is 0 Å². The van der Waals surface area contributed by atoms with Gasteiger partial charge in [-0.3, -0.25) is 9.58 Å². The molecule has 0 amide bonds. The van der Waals surface area contributed by atoms with Gasteiger partial charge < -0.3 is 4.74 Å². The quantitative estimate of drug-likeness (QED) is 0.867. The van der Waals surface area contributed by atoms with Crippen molar-refractivity contribution in [2.45, 2.75) is 33.0 Å². The van der Waals surface area contributed by atoms with Crippen LogP contribution in [0.15, 0.2) is 17.6 Å². The lowest BCUT2D eigenvalue weighted by Gasteiger charge is -2.34. The molecule has 5 nitrogen and oxygen atoms in total. The van der Waals surface area contributed by atoms with Crippen LogP contribution in [0.3, 0.4) is 0 Å². The van der Waals surface area contributed by atoms with Crippen molar-refractivity contribution in [3.8, 4) is 0 Å². The van der Waals surface area contributed by atoms with Crippen LogP contribution in [0.25, 0.3) is 0 Å². The van der Waals surface area contributed by atoms with E-state index in [1.165, 1.54) is 5.69 Å². The molecule has 6 heteroatoms. The number of aryl methyl sites for hydroxylation is 2. The molecule has 1 saturated heterocycles. The molecule has 1 aliphatic heterocycles. The van der Waals surface area contributed by atoms with Crippen LogP contribution in [0.5, 0.6) is 0 Å². The third-order valence-corrected chi connectivity index (χ3v) is 4.69.